The maximum absolute atomic E-state index is 14.8. The van der Waals surface area contributed by atoms with Gasteiger partial charge in [0.2, 0.25) is 5.43 Å². The van der Waals surface area contributed by atoms with Crippen molar-refractivity contribution < 1.29 is 14.3 Å². The number of halogens is 2. The second-order valence-corrected chi connectivity index (χ2v) is 6.84. The summed E-state index contributed by atoms with van der Waals surface area (Å²) < 4.78 is 16.4. The van der Waals surface area contributed by atoms with Gasteiger partial charge in [0.1, 0.15) is 17.1 Å². The molecule has 3 aromatic rings. The number of benzene rings is 2. The normalized spacial score (nSPS) is 11.0. The van der Waals surface area contributed by atoms with Gasteiger partial charge in [-0.2, -0.15) is 0 Å². The summed E-state index contributed by atoms with van der Waals surface area (Å²) in [6.07, 6.45) is 2.86. The number of hydrogen-bond donors (Lipinski definition) is 3. The number of fused-ring (bicyclic) bond motifs is 1. The van der Waals surface area contributed by atoms with Gasteiger partial charge < -0.3 is 20.7 Å². The smallest absolute Gasteiger partial charge is 0.341 e. The van der Waals surface area contributed by atoms with Crippen molar-refractivity contribution in [1.29, 1.82) is 0 Å². The Morgan fingerprint density at radius 1 is 1.32 bits per heavy atom. The van der Waals surface area contributed by atoms with E-state index < -0.39 is 22.8 Å². The molecule has 28 heavy (non-hydrogen) atoms. The zero-order valence-electron chi connectivity index (χ0n) is 15.1. The molecule has 146 valence electrons. The second kappa shape index (κ2) is 7.90. The van der Waals surface area contributed by atoms with Crippen molar-refractivity contribution in [2.24, 2.45) is 0 Å². The fourth-order valence-electron chi connectivity index (χ4n) is 3.03. The number of aryl methyl sites for hydroxylation is 1. The van der Waals surface area contributed by atoms with Gasteiger partial charge in [-0.3, -0.25) is 4.79 Å². The Bertz CT molecular complexity index is 1110. The summed E-state index contributed by atoms with van der Waals surface area (Å²) in [5.74, 6) is -2.11. The molecule has 0 fully saturated rings. The van der Waals surface area contributed by atoms with Gasteiger partial charge in [0.05, 0.1) is 16.6 Å². The van der Waals surface area contributed by atoms with E-state index in [1.54, 1.807) is 28.8 Å². The van der Waals surface area contributed by atoms with Crippen LogP contribution in [-0.4, -0.2) is 15.6 Å². The predicted octanol–water partition coefficient (Wildman–Crippen LogP) is 4.62. The van der Waals surface area contributed by atoms with Crippen LogP contribution in [0, 0.1) is 5.82 Å². The Morgan fingerprint density at radius 3 is 2.61 bits per heavy atom. The maximum atomic E-state index is 14.8. The lowest BCUT2D eigenvalue weighted by Crippen LogP contribution is -2.20. The van der Waals surface area contributed by atoms with E-state index in [0.717, 1.165) is 18.9 Å². The summed E-state index contributed by atoms with van der Waals surface area (Å²) in [5.41, 5.74) is 5.98. The monoisotopic (exact) mass is 403 g/mol. The summed E-state index contributed by atoms with van der Waals surface area (Å²) in [4.78, 5) is 24.0. The first-order valence-corrected chi connectivity index (χ1v) is 9.12. The molecule has 0 bridgehead atoms. The Labute approximate surface area is 165 Å². The second-order valence-electron chi connectivity index (χ2n) is 6.40. The molecular formula is C20H19ClFN3O3. The number of rotatable bonds is 6. The van der Waals surface area contributed by atoms with Crippen molar-refractivity contribution in [2.45, 2.75) is 26.3 Å². The molecule has 0 saturated heterocycles. The first-order chi connectivity index (χ1) is 13.3. The van der Waals surface area contributed by atoms with Gasteiger partial charge in [-0.25, -0.2) is 9.18 Å². The van der Waals surface area contributed by atoms with E-state index in [9.17, 15) is 19.1 Å². The number of carboxylic acid groups (broad SMARTS) is 1. The molecule has 6 nitrogen and oxygen atoms in total. The quantitative estimate of drug-likeness (QED) is 0.522. The highest BCUT2D eigenvalue weighted by molar-refractivity contribution is 6.30. The number of aromatic carboxylic acids is 1. The van der Waals surface area contributed by atoms with Crippen molar-refractivity contribution >= 4 is 45.5 Å². The minimum atomic E-state index is -1.36. The molecule has 1 aromatic heterocycles. The van der Waals surface area contributed by atoms with Crippen LogP contribution >= 0.6 is 11.6 Å². The average molecular weight is 404 g/mol. The van der Waals surface area contributed by atoms with Gasteiger partial charge in [-0.05, 0) is 36.8 Å². The molecular weight excluding hydrogens is 385 g/mol. The Balaban J connectivity index is 2.25. The first-order valence-electron chi connectivity index (χ1n) is 8.74. The molecule has 0 unspecified atom stereocenters. The Kier molecular flexibility index (Phi) is 5.56. The summed E-state index contributed by atoms with van der Waals surface area (Å²) in [6.45, 7) is 2.43. The number of anilines is 3. The van der Waals surface area contributed by atoms with Gasteiger partial charge in [-0.15, -0.1) is 0 Å². The van der Waals surface area contributed by atoms with E-state index in [1.807, 2.05) is 6.92 Å². The standard InChI is InChI=1S/C20H19ClFN3O3/c1-2-3-8-25-10-14(20(27)28)19(26)13-9-15(22)17(16(23)18(13)25)24-12-6-4-11(21)5-7-12/h4-7,9-10,24H,2-3,8,23H2,1H3,(H,27,28). The first kappa shape index (κ1) is 19.7. The number of hydrogen-bond acceptors (Lipinski definition) is 4. The lowest BCUT2D eigenvalue weighted by atomic mass is 10.1. The van der Waals surface area contributed by atoms with Crippen molar-refractivity contribution in [2.75, 3.05) is 11.1 Å². The Morgan fingerprint density at radius 2 is 2.00 bits per heavy atom. The molecule has 4 N–H and O–H groups in total. The number of carboxylic acids is 1. The highest BCUT2D eigenvalue weighted by Gasteiger charge is 2.20. The minimum Gasteiger partial charge on any atom is -0.477 e. The highest BCUT2D eigenvalue weighted by Crippen LogP contribution is 2.33. The van der Waals surface area contributed by atoms with Crippen LogP contribution in [0.3, 0.4) is 0 Å². The van der Waals surface area contributed by atoms with E-state index in [1.165, 1.54) is 6.20 Å². The van der Waals surface area contributed by atoms with Crippen LogP contribution < -0.4 is 16.5 Å². The van der Waals surface area contributed by atoms with Crippen molar-refractivity contribution in [1.82, 2.24) is 4.57 Å². The third kappa shape index (κ3) is 3.66. The molecule has 3 rings (SSSR count). The minimum absolute atomic E-state index is 0.0162. The van der Waals surface area contributed by atoms with Crippen LogP contribution in [0.5, 0.6) is 0 Å². The fourth-order valence-corrected chi connectivity index (χ4v) is 3.15. The highest BCUT2D eigenvalue weighted by atomic mass is 35.5. The fraction of sp³-hybridized carbons (Fsp3) is 0.200. The molecule has 1 heterocycles. The number of nitrogens with two attached hydrogens (primary N) is 1. The molecule has 0 amide bonds. The average Bonchev–Trinajstić information content (AvgIpc) is 2.66. The van der Waals surface area contributed by atoms with Crippen LogP contribution in [0.15, 0.2) is 41.3 Å². The zero-order chi connectivity index (χ0) is 20.4. The zero-order valence-corrected chi connectivity index (χ0v) is 15.9. The molecule has 0 aliphatic rings. The summed E-state index contributed by atoms with van der Waals surface area (Å²) in [7, 11) is 0. The summed E-state index contributed by atoms with van der Waals surface area (Å²) >= 11 is 5.87. The number of aromatic nitrogens is 1. The molecule has 8 heteroatoms. The summed E-state index contributed by atoms with van der Waals surface area (Å²) in [6, 6.07) is 7.66. The molecule has 0 aliphatic heterocycles. The summed E-state index contributed by atoms with van der Waals surface area (Å²) in [5, 5.41) is 12.7. The number of nitrogens with zero attached hydrogens (tertiary/aromatic N) is 1. The predicted molar refractivity (Wildman–Crippen MR) is 109 cm³/mol. The van der Waals surface area contributed by atoms with Gasteiger partial charge in [0.15, 0.2) is 0 Å². The molecule has 0 aliphatic carbocycles. The van der Waals surface area contributed by atoms with E-state index in [-0.39, 0.29) is 16.8 Å². The molecule has 0 atom stereocenters. The number of carbonyl (C=O) groups is 1. The number of unbranched alkanes of at least 4 members (excludes halogenated alkanes) is 1. The van der Waals surface area contributed by atoms with Crippen molar-refractivity contribution in [3.63, 3.8) is 0 Å². The van der Waals surface area contributed by atoms with E-state index in [4.69, 9.17) is 17.3 Å². The third-order valence-electron chi connectivity index (χ3n) is 4.45. The van der Waals surface area contributed by atoms with Crippen molar-refractivity contribution in [3.05, 3.63) is 63.2 Å². The molecule has 2 aromatic carbocycles. The van der Waals surface area contributed by atoms with Crippen molar-refractivity contribution in [3.8, 4) is 0 Å². The third-order valence-corrected chi connectivity index (χ3v) is 4.70. The van der Waals surface area contributed by atoms with Crippen LogP contribution in [0.1, 0.15) is 30.1 Å². The molecule has 0 spiro atoms. The van der Waals surface area contributed by atoms with Gasteiger partial charge in [0.25, 0.3) is 0 Å². The number of nitrogens with one attached hydrogen (secondary N) is 1. The lowest BCUT2D eigenvalue weighted by molar-refractivity contribution is 0.0695. The van der Waals surface area contributed by atoms with E-state index >= 15 is 0 Å². The maximum Gasteiger partial charge on any atom is 0.341 e. The van der Waals surface area contributed by atoms with Gasteiger partial charge in [0, 0.05) is 23.5 Å². The lowest BCUT2D eigenvalue weighted by Gasteiger charge is -2.18. The number of pyridine rings is 1. The largest absolute Gasteiger partial charge is 0.477 e. The number of nitrogen functional groups attached to an aromatic ring is 1. The molecule has 0 saturated carbocycles. The van der Waals surface area contributed by atoms with Gasteiger partial charge >= 0.3 is 5.97 Å². The van der Waals surface area contributed by atoms with E-state index in [0.29, 0.717) is 22.8 Å². The topological polar surface area (TPSA) is 97.3 Å². The van der Waals surface area contributed by atoms with Crippen LogP contribution in [-0.2, 0) is 6.54 Å². The Hall–Kier alpha value is -3.06. The SMILES string of the molecule is CCCCn1cc(C(=O)O)c(=O)c2cc(F)c(Nc3ccc(Cl)cc3)c(N)c21. The van der Waals surface area contributed by atoms with Crippen LogP contribution in [0.4, 0.5) is 21.5 Å². The van der Waals surface area contributed by atoms with Crippen LogP contribution in [0.2, 0.25) is 5.02 Å². The van der Waals surface area contributed by atoms with E-state index in [2.05, 4.69) is 5.32 Å². The molecule has 0 radical (unpaired) electrons. The van der Waals surface area contributed by atoms with Gasteiger partial charge in [-0.1, -0.05) is 24.9 Å². The van der Waals surface area contributed by atoms with Crippen LogP contribution in [0.25, 0.3) is 10.9 Å².